The number of hydrogen-bond acceptors (Lipinski definition) is 3. The lowest BCUT2D eigenvalue weighted by atomic mass is 10.1. The molecule has 2 rings (SSSR count). The van der Waals surface area contributed by atoms with E-state index < -0.39 is 0 Å². The van der Waals surface area contributed by atoms with Crippen LogP contribution in [0.15, 0.2) is 32.7 Å². The van der Waals surface area contributed by atoms with Crippen LogP contribution in [-0.2, 0) is 6.42 Å². The van der Waals surface area contributed by atoms with Crippen LogP contribution in [-0.4, -0.2) is 0 Å². The van der Waals surface area contributed by atoms with Crippen molar-refractivity contribution in [3.63, 3.8) is 0 Å². The first-order valence-electron chi connectivity index (χ1n) is 4.78. The summed E-state index contributed by atoms with van der Waals surface area (Å²) in [5, 5.41) is 2.07. The number of furan rings is 1. The van der Waals surface area contributed by atoms with Crippen molar-refractivity contribution in [2.45, 2.75) is 19.4 Å². The maximum absolute atomic E-state index is 6.17. The van der Waals surface area contributed by atoms with Gasteiger partial charge in [-0.1, -0.05) is 6.92 Å². The monoisotopic (exact) mass is 285 g/mol. The third kappa shape index (κ3) is 2.02. The zero-order valence-corrected chi connectivity index (χ0v) is 10.8. The second-order valence-corrected chi connectivity index (χ2v) is 5.08. The molecule has 0 saturated heterocycles. The van der Waals surface area contributed by atoms with E-state index in [-0.39, 0.29) is 6.04 Å². The third-order valence-corrected chi connectivity index (χ3v) is 4.07. The lowest BCUT2D eigenvalue weighted by molar-refractivity contribution is 0.489. The van der Waals surface area contributed by atoms with Gasteiger partial charge >= 0.3 is 0 Å². The highest BCUT2D eigenvalue weighted by atomic mass is 79.9. The Bertz CT molecular complexity index is 449. The second kappa shape index (κ2) is 4.51. The van der Waals surface area contributed by atoms with Crippen LogP contribution < -0.4 is 5.73 Å². The van der Waals surface area contributed by atoms with Gasteiger partial charge in [0.15, 0.2) is 0 Å². The Kier molecular flexibility index (Phi) is 3.29. The Labute approximate surface area is 101 Å². The van der Waals surface area contributed by atoms with Crippen LogP contribution in [0.5, 0.6) is 0 Å². The van der Waals surface area contributed by atoms with E-state index in [1.165, 1.54) is 10.4 Å². The Balaban J connectivity index is 2.36. The van der Waals surface area contributed by atoms with Crippen molar-refractivity contribution >= 4 is 27.3 Å². The first-order valence-corrected chi connectivity index (χ1v) is 6.46. The van der Waals surface area contributed by atoms with Crippen LogP contribution in [0.4, 0.5) is 0 Å². The molecule has 1 atom stereocenters. The van der Waals surface area contributed by atoms with E-state index in [2.05, 4.69) is 34.3 Å². The molecule has 0 aliphatic rings. The Morgan fingerprint density at radius 2 is 2.33 bits per heavy atom. The quantitative estimate of drug-likeness (QED) is 0.934. The zero-order chi connectivity index (χ0) is 10.8. The van der Waals surface area contributed by atoms with Crippen LogP contribution in [0.25, 0.3) is 0 Å². The van der Waals surface area contributed by atoms with Gasteiger partial charge in [0.05, 0.1) is 16.8 Å². The average molecular weight is 286 g/mol. The van der Waals surface area contributed by atoms with Gasteiger partial charge in [0, 0.05) is 4.88 Å². The van der Waals surface area contributed by atoms with Gasteiger partial charge in [-0.2, -0.15) is 0 Å². The fourth-order valence-electron chi connectivity index (χ4n) is 1.56. The first-order chi connectivity index (χ1) is 7.24. The number of halogens is 1. The largest absolute Gasteiger partial charge is 0.466 e. The van der Waals surface area contributed by atoms with Crippen molar-refractivity contribution < 1.29 is 4.42 Å². The van der Waals surface area contributed by atoms with Crippen molar-refractivity contribution in [1.82, 2.24) is 0 Å². The molecule has 4 heteroatoms. The summed E-state index contributed by atoms with van der Waals surface area (Å²) >= 11 is 5.11. The Hall–Kier alpha value is -0.580. The normalized spacial score (nSPS) is 13.0. The van der Waals surface area contributed by atoms with Crippen LogP contribution in [0.3, 0.4) is 0 Å². The summed E-state index contributed by atoms with van der Waals surface area (Å²) in [6.45, 7) is 2.13. The van der Waals surface area contributed by atoms with Crippen molar-refractivity contribution in [3.05, 3.63) is 44.4 Å². The fraction of sp³-hybridized carbons (Fsp3) is 0.273. The minimum absolute atomic E-state index is 0.163. The number of nitrogens with two attached hydrogens (primary N) is 1. The number of thiophene rings is 1. The highest BCUT2D eigenvalue weighted by Gasteiger charge is 2.19. The van der Waals surface area contributed by atoms with Gasteiger partial charge < -0.3 is 10.2 Å². The molecule has 15 heavy (non-hydrogen) atoms. The van der Waals surface area contributed by atoms with E-state index in [1.807, 2.05) is 6.07 Å². The minimum Gasteiger partial charge on any atom is -0.466 e. The molecule has 0 fully saturated rings. The van der Waals surface area contributed by atoms with E-state index in [0.29, 0.717) is 0 Å². The molecule has 0 bridgehead atoms. The second-order valence-electron chi connectivity index (χ2n) is 3.27. The van der Waals surface area contributed by atoms with Gasteiger partial charge in [0.25, 0.3) is 0 Å². The smallest absolute Gasteiger partial charge is 0.139 e. The topological polar surface area (TPSA) is 39.2 Å². The average Bonchev–Trinajstić information content (AvgIpc) is 2.84. The summed E-state index contributed by atoms with van der Waals surface area (Å²) in [6.07, 6.45) is 2.66. The lowest BCUT2D eigenvalue weighted by Gasteiger charge is -2.09. The standard InChI is InChI=1S/C11H12BrNOS/c1-2-7-4-6-15-11(7)9(13)10-8(12)3-5-14-10/h3-6,9H,2,13H2,1H3. The summed E-state index contributed by atoms with van der Waals surface area (Å²) in [6, 6.07) is 3.83. The molecule has 2 N–H and O–H groups in total. The molecule has 2 aromatic heterocycles. The van der Waals surface area contributed by atoms with E-state index in [1.54, 1.807) is 17.6 Å². The lowest BCUT2D eigenvalue weighted by Crippen LogP contribution is -2.11. The van der Waals surface area contributed by atoms with Gasteiger partial charge in [0.2, 0.25) is 0 Å². The van der Waals surface area contributed by atoms with Crippen LogP contribution in [0.2, 0.25) is 0 Å². The summed E-state index contributed by atoms with van der Waals surface area (Å²) in [5.41, 5.74) is 7.47. The molecule has 0 radical (unpaired) electrons. The van der Waals surface area contributed by atoms with Gasteiger partial charge in [-0.05, 0) is 45.4 Å². The Morgan fingerprint density at radius 1 is 1.53 bits per heavy atom. The van der Waals surface area contributed by atoms with Crippen molar-refractivity contribution in [1.29, 1.82) is 0 Å². The van der Waals surface area contributed by atoms with Gasteiger partial charge in [-0.15, -0.1) is 11.3 Å². The molecule has 2 aromatic rings. The highest BCUT2D eigenvalue weighted by molar-refractivity contribution is 9.10. The fourth-order valence-corrected chi connectivity index (χ4v) is 3.00. The number of aryl methyl sites for hydroxylation is 1. The number of hydrogen-bond donors (Lipinski definition) is 1. The predicted octanol–water partition coefficient (Wildman–Crippen LogP) is 3.71. The number of rotatable bonds is 3. The first kappa shape index (κ1) is 10.9. The molecular weight excluding hydrogens is 274 g/mol. The summed E-state index contributed by atoms with van der Waals surface area (Å²) in [5.74, 6) is 0.798. The zero-order valence-electron chi connectivity index (χ0n) is 8.37. The van der Waals surface area contributed by atoms with E-state index in [4.69, 9.17) is 10.2 Å². The van der Waals surface area contributed by atoms with Crippen LogP contribution in [0, 0.1) is 0 Å². The highest BCUT2D eigenvalue weighted by Crippen LogP contribution is 2.32. The van der Waals surface area contributed by atoms with E-state index >= 15 is 0 Å². The molecule has 2 nitrogen and oxygen atoms in total. The van der Waals surface area contributed by atoms with E-state index in [9.17, 15) is 0 Å². The summed E-state index contributed by atoms with van der Waals surface area (Å²) < 4.78 is 6.32. The molecule has 80 valence electrons. The molecule has 0 aliphatic carbocycles. The summed E-state index contributed by atoms with van der Waals surface area (Å²) in [7, 11) is 0. The predicted molar refractivity (Wildman–Crippen MR) is 66.1 cm³/mol. The Morgan fingerprint density at radius 3 is 2.93 bits per heavy atom. The van der Waals surface area contributed by atoms with Crippen molar-refractivity contribution in [3.8, 4) is 0 Å². The maximum atomic E-state index is 6.17. The van der Waals surface area contributed by atoms with Crippen LogP contribution in [0.1, 0.15) is 29.2 Å². The van der Waals surface area contributed by atoms with Crippen LogP contribution >= 0.6 is 27.3 Å². The van der Waals surface area contributed by atoms with Crippen molar-refractivity contribution in [2.24, 2.45) is 5.73 Å². The molecule has 0 aromatic carbocycles. The molecule has 0 aliphatic heterocycles. The molecule has 0 amide bonds. The molecule has 2 heterocycles. The minimum atomic E-state index is -0.163. The van der Waals surface area contributed by atoms with E-state index in [0.717, 1.165) is 16.7 Å². The molecular formula is C11H12BrNOS. The third-order valence-electron chi connectivity index (χ3n) is 2.37. The van der Waals surface area contributed by atoms with Gasteiger partial charge in [-0.3, -0.25) is 0 Å². The molecule has 0 spiro atoms. The molecule has 1 unspecified atom stereocenters. The van der Waals surface area contributed by atoms with Gasteiger partial charge in [0.1, 0.15) is 5.76 Å². The SMILES string of the molecule is CCc1ccsc1C(N)c1occc1Br. The van der Waals surface area contributed by atoms with Gasteiger partial charge in [-0.25, -0.2) is 0 Å². The van der Waals surface area contributed by atoms with Crippen molar-refractivity contribution in [2.75, 3.05) is 0 Å². The summed E-state index contributed by atoms with van der Waals surface area (Å²) in [4.78, 5) is 1.19. The molecule has 0 saturated carbocycles. The maximum Gasteiger partial charge on any atom is 0.139 e.